The van der Waals surface area contributed by atoms with Crippen LogP contribution in [-0.2, 0) is 9.47 Å². The van der Waals surface area contributed by atoms with Crippen LogP contribution in [0.25, 0.3) is 0 Å². The minimum absolute atomic E-state index is 0.293. The van der Waals surface area contributed by atoms with Crippen molar-refractivity contribution in [1.82, 2.24) is 0 Å². The minimum Gasteiger partial charge on any atom is -0.462 e. The maximum absolute atomic E-state index is 12.6. The maximum atomic E-state index is 12.6. The van der Waals surface area contributed by atoms with E-state index in [9.17, 15) is 9.59 Å². The van der Waals surface area contributed by atoms with Crippen LogP contribution in [0.4, 0.5) is 0 Å². The first-order valence-corrected chi connectivity index (χ1v) is 11.0. The van der Waals surface area contributed by atoms with Crippen LogP contribution in [0.1, 0.15) is 99.8 Å². The highest BCUT2D eigenvalue weighted by atomic mass is 16.5. The molecule has 0 aliphatic rings. The third-order valence-corrected chi connectivity index (χ3v) is 5.05. The molecule has 0 saturated heterocycles. The minimum atomic E-state index is -0.441. The maximum Gasteiger partial charge on any atom is 0.339 e. The van der Waals surface area contributed by atoms with E-state index in [1.54, 1.807) is 24.3 Å². The van der Waals surface area contributed by atoms with Gasteiger partial charge in [-0.2, -0.15) is 0 Å². The molecule has 0 amide bonds. The predicted molar refractivity (Wildman–Crippen MR) is 114 cm³/mol. The number of benzene rings is 1. The van der Waals surface area contributed by atoms with Gasteiger partial charge >= 0.3 is 11.9 Å². The summed E-state index contributed by atoms with van der Waals surface area (Å²) in [6.07, 6.45) is 8.46. The summed E-state index contributed by atoms with van der Waals surface area (Å²) in [5.74, 6) is -0.129. The summed E-state index contributed by atoms with van der Waals surface area (Å²) in [5, 5.41) is 0. The van der Waals surface area contributed by atoms with Gasteiger partial charge in [-0.1, -0.05) is 65.5 Å². The summed E-state index contributed by atoms with van der Waals surface area (Å²) in [6, 6.07) is 6.78. The van der Waals surface area contributed by atoms with Crippen molar-refractivity contribution in [3.63, 3.8) is 0 Å². The number of hydrogen-bond acceptors (Lipinski definition) is 4. The van der Waals surface area contributed by atoms with Gasteiger partial charge in [-0.3, -0.25) is 0 Å². The Morgan fingerprint density at radius 2 is 1.00 bits per heavy atom. The second kappa shape index (κ2) is 14.2. The topological polar surface area (TPSA) is 52.6 Å². The molecule has 0 fully saturated rings. The van der Waals surface area contributed by atoms with Crippen molar-refractivity contribution >= 4 is 11.9 Å². The molecule has 1 aromatic carbocycles. The van der Waals surface area contributed by atoms with Crippen molar-refractivity contribution in [2.24, 2.45) is 11.8 Å². The van der Waals surface area contributed by atoms with Gasteiger partial charge in [0.2, 0.25) is 0 Å². The molecule has 0 heterocycles. The normalized spacial score (nSPS) is 11.1. The first kappa shape index (κ1) is 24.2. The highest BCUT2D eigenvalue weighted by Gasteiger charge is 2.21. The number of rotatable bonds is 14. The zero-order valence-corrected chi connectivity index (χ0v) is 18.2. The molecule has 0 saturated carbocycles. The average Bonchev–Trinajstić information content (AvgIpc) is 2.70. The fourth-order valence-corrected chi connectivity index (χ4v) is 3.64. The van der Waals surface area contributed by atoms with Crippen molar-refractivity contribution in [1.29, 1.82) is 0 Å². The smallest absolute Gasteiger partial charge is 0.339 e. The fraction of sp³-hybridized carbons (Fsp3) is 0.667. The Morgan fingerprint density at radius 1 is 0.679 bits per heavy atom. The molecule has 0 atom stereocenters. The lowest BCUT2D eigenvalue weighted by Gasteiger charge is -2.17. The molecular weight excluding hydrogens is 352 g/mol. The fourth-order valence-electron chi connectivity index (χ4n) is 3.64. The quantitative estimate of drug-likeness (QED) is 0.343. The summed E-state index contributed by atoms with van der Waals surface area (Å²) in [5.41, 5.74) is 0.587. The van der Waals surface area contributed by atoms with Gasteiger partial charge in [-0.15, -0.1) is 0 Å². The second-order valence-electron chi connectivity index (χ2n) is 7.63. The van der Waals surface area contributed by atoms with Gasteiger partial charge < -0.3 is 9.47 Å². The Bertz CT molecular complexity index is 519. The molecule has 0 bridgehead atoms. The zero-order chi connectivity index (χ0) is 20.8. The van der Waals surface area contributed by atoms with Crippen LogP contribution in [0.3, 0.4) is 0 Å². The largest absolute Gasteiger partial charge is 0.462 e. The van der Waals surface area contributed by atoms with E-state index in [1.165, 1.54) is 0 Å². The lowest BCUT2D eigenvalue weighted by Crippen LogP contribution is -2.19. The van der Waals surface area contributed by atoms with Gasteiger partial charge in [0.05, 0.1) is 24.3 Å². The van der Waals surface area contributed by atoms with Crippen LogP contribution >= 0.6 is 0 Å². The molecular formula is C24H38O4. The van der Waals surface area contributed by atoms with E-state index in [4.69, 9.17) is 9.47 Å². The number of carbonyl (C=O) groups excluding carboxylic acids is 2. The highest BCUT2D eigenvalue weighted by Crippen LogP contribution is 2.18. The van der Waals surface area contributed by atoms with E-state index in [2.05, 4.69) is 27.7 Å². The van der Waals surface area contributed by atoms with E-state index >= 15 is 0 Å². The Balaban J connectivity index is 2.74. The molecule has 0 aromatic heterocycles. The standard InChI is InChI=1S/C24H38O4/c1-5-11-19(12-6-2)17-27-23(25)21-15-9-10-16-22(21)24(26)28-18-20(13-7-3)14-8-4/h9-10,15-16,19-20H,5-8,11-14,17-18H2,1-4H3. The Morgan fingerprint density at radius 3 is 1.29 bits per heavy atom. The number of ether oxygens (including phenoxy) is 2. The predicted octanol–water partition coefficient (Wildman–Crippen LogP) is 6.43. The molecule has 28 heavy (non-hydrogen) atoms. The number of carbonyl (C=O) groups is 2. The zero-order valence-electron chi connectivity index (χ0n) is 18.2. The molecule has 0 N–H and O–H groups in total. The average molecular weight is 391 g/mol. The SMILES string of the molecule is CCCC(CCC)COC(=O)c1ccccc1C(=O)OCC(CCC)CCC. The van der Waals surface area contributed by atoms with Gasteiger partial charge in [0.15, 0.2) is 0 Å². The third-order valence-electron chi connectivity index (χ3n) is 5.05. The van der Waals surface area contributed by atoms with Gasteiger partial charge in [0, 0.05) is 0 Å². The van der Waals surface area contributed by atoms with Crippen LogP contribution < -0.4 is 0 Å². The molecule has 1 aromatic rings. The van der Waals surface area contributed by atoms with Crippen LogP contribution in [-0.4, -0.2) is 25.2 Å². The highest BCUT2D eigenvalue weighted by molar-refractivity contribution is 6.03. The van der Waals surface area contributed by atoms with Crippen LogP contribution in [0, 0.1) is 11.8 Å². The van der Waals surface area contributed by atoms with Crippen LogP contribution in [0.5, 0.6) is 0 Å². The summed E-state index contributed by atoms with van der Waals surface area (Å²) in [7, 11) is 0. The summed E-state index contributed by atoms with van der Waals surface area (Å²) in [4.78, 5) is 25.2. The van der Waals surface area contributed by atoms with Crippen molar-refractivity contribution in [2.45, 2.75) is 79.1 Å². The lowest BCUT2D eigenvalue weighted by molar-refractivity contribution is 0.0378. The van der Waals surface area contributed by atoms with Crippen LogP contribution in [0.2, 0.25) is 0 Å². The Labute approximate surface area is 171 Å². The molecule has 0 aliphatic carbocycles. The monoisotopic (exact) mass is 390 g/mol. The van der Waals surface area contributed by atoms with Crippen molar-refractivity contribution in [2.75, 3.05) is 13.2 Å². The third kappa shape index (κ3) is 8.45. The molecule has 0 spiro atoms. The number of hydrogen-bond donors (Lipinski definition) is 0. The number of esters is 2. The van der Waals surface area contributed by atoms with E-state index in [1.807, 2.05) is 0 Å². The molecule has 0 unspecified atom stereocenters. The summed E-state index contributed by atoms with van der Waals surface area (Å²) < 4.78 is 11.1. The van der Waals surface area contributed by atoms with Crippen molar-refractivity contribution in [3.8, 4) is 0 Å². The molecule has 158 valence electrons. The molecule has 1 rings (SSSR count). The van der Waals surface area contributed by atoms with Gasteiger partial charge in [0.25, 0.3) is 0 Å². The summed E-state index contributed by atoms with van der Waals surface area (Å²) in [6.45, 7) is 9.36. The first-order chi connectivity index (χ1) is 13.6. The van der Waals surface area contributed by atoms with Crippen LogP contribution in [0.15, 0.2) is 24.3 Å². The first-order valence-electron chi connectivity index (χ1n) is 11.0. The van der Waals surface area contributed by atoms with E-state index in [0.717, 1.165) is 51.4 Å². The molecule has 0 radical (unpaired) electrons. The van der Waals surface area contributed by atoms with Crippen molar-refractivity contribution < 1.29 is 19.1 Å². The lowest BCUT2D eigenvalue weighted by atomic mass is 9.99. The summed E-state index contributed by atoms with van der Waals surface area (Å²) >= 11 is 0. The van der Waals surface area contributed by atoms with E-state index < -0.39 is 11.9 Å². The molecule has 4 nitrogen and oxygen atoms in total. The van der Waals surface area contributed by atoms with E-state index in [0.29, 0.717) is 36.2 Å². The van der Waals surface area contributed by atoms with Crippen molar-refractivity contribution in [3.05, 3.63) is 35.4 Å². The Kier molecular flexibility index (Phi) is 12.3. The van der Waals surface area contributed by atoms with E-state index in [-0.39, 0.29) is 0 Å². The second-order valence-corrected chi connectivity index (χ2v) is 7.63. The van der Waals surface area contributed by atoms with Gasteiger partial charge in [-0.05, 0) is 49.7 Å². The molecule has 0 aliphatic heterocycles. The van der Waals surface area contributed by atoms with Gasteiger partial charge in [0.1, 0.15) is 0 Å². The Hall–Kier alpha value is -1.84. The van der Waals surface area contributed by atoms with Gasteiger partial charge in [-0.25, -0.2) is 9.59 Å². The molecule has 4 heteroatoms.